The molecule has 0 unspecified atom stereocenters. The number of sulfonamides is 1. The van der Waals surface area contributed by atoms with Crippen molar-refractivity contribution in [1.82, 2.24) is 9.62 Å². The summed E-state index contributed by atoms with van der Waals surface area (Å²) in [6.45, 7) is 3.23. The topological polar surface area (TPSA) is 67.9 Å². The zero-order chi connectivity index (χ0) is 22.4. The Bertz CT molecular complexity index is 1020. The van der Waals surface area contributed by atoms with Gasteiger partial charge in [0.15, 0.2) is 11.5 Å². The molecule has 178 valence electrons. The highest BCUT2D eigenvalue weighted by atomic mass is 35.5. The van der Waals surface area contributed by atoms with Crippen molar-refractivity contribution in [1.29, 1.82) is 0 Å². The van der Waals surface area contributed by atoms with Crippen molar-refractivity contribution in [3.8, 4) is 11.5 Å². The Morgan fingerprint density at radius 1 is 1.00 bits per heavy atom. The van der Waals surface area contributed by atoms with E-state index in [1.807, 2.05) is 0 Å². The zero-order valence-electron chi connectivity index (χ0n) is 18.2. The molecule has 0 saturated carbocycles. The predicted molar refractivity (Wildman–Crippen MR) is 131 cm³/mol. The number of benzene rings is 2. The third kappa shape index (κ3) is 6.89. The van der Waals surface area contributed by atoms with Crippen LogP contribution in [0.2, 0.25) is 10.0 Å². The number of nitrogens with one attached hydrogen (secondary N) is 1. The van der Waals surface area contributed by atoms with Gasteiger partial charge in [-0.3, -0.25) is 4.90 Å². The van der Waals surface area contributed by atoms with Crippen molar-refractivity contribution in [3.05, 3.63) is 51.5 Å². The second-order valence-corrected chi connectivity index (χ2v) is 10.1. The summed E-state index contributed by atoms with van der Waals surface area (Å²) in [6, 6.07) is 8.56. The van der Waals surface area contributed by atoms with Crippen molar-refractivity contribution in [2.75, 3.05) is 33.9 Å². The number of unbranched alkanes of at least 4 members (excludes halogenated alkanes) is 2. The van der Waals surface area contributed by atoms with Crippen molar-refractivity contribution in [3.63, 3.8) is 0 Å². The van der Waals surface area contributed by atoms with Crippen LogP contribution < -0.4 is 14.2 Å². The summed E-state index contributed by atoms with van der Waals surface area (Å²) in [6.07, 6.45) is 3.67. The van der Waals surface area contributed by atoms with Gasteiger partial charge in [0.1, 0.15) is 4.90 Å². The van der Waals surface area contributed by atoms with Gasteiger partial charge in [0.05, 0.1) is 19.2 Å². The third-order valence-electron chi connectivity index (χ3n) is 5.42. The highest BCUT2D eigenvalue weighted by Crippen LogP contribution is 2.33. The standard InChI is InChI=1S/C22H28Cl2N2O4S.ClH/c1-29-20-12-16-8-11-26(15-17(16)13-21(20)30-2)10-5-3-4-9-25-31(27,28)22-14-18(23)6-7-19(22)24;/h6-7,12-14,25H,3-5,8-11,15H2,1-2H3;1H. The van der Waals surface area contributed by atoms with Crippen LogP contribution in [0.5, 0.6) is 11.5 Å². The maximum absolute atomic E-state index is 12.4. The molecule has 0 amide bonds. The predicted octanol–water partition coefficient (Wildman–Crippen LogP) is 4.94. The molecule has 6 nitrogen and oxygen atoms in total. The van der Waals surface area contributed by atoms with Crippen LogP contribution in [0, 0.1) is 0 Å². The molecule has 1 aliphatic rings. The molecule has 0 saturated heterocycles. The van der Waals surface area contributed by atoms with E-state index in [9.17, 15) is 8.42 Å². The Balaban J connectivity index is 0.00000363. The number of halogens is 3. The first-order valence-corrected chi connectivity index (χ1v) is 12.5. The molecule has 0 radical (unpaired) electrons. The number of methoxy groups -OCH3 is 2. The first-order valence-electron chi connectivity index (χ1n) is 10.2. The van der Waals surface area contributed by atoms with E-state index in [2.05, 4.69) is 21.8 Å². The number of ether oxygens (including phenoxy) is 2. The van der Waals surface area contributed by atoms with Crippen LogP contribution >= 0.6 is 35.6 Å². The molecule has 3 rings (SSSR count). The summed E-state index contributed by atoms with van der Waals surface area (Å²) in [5.74, 6) is 1.53. The quantitative estimate of drug-likeness (QED) is 0.447. The lowest BCUT2D eigenvalue weighted by Crippen LogP contribution is -2.31. The average molecular weight is 524 g/mol. The summed E-state index contributed by atoms with van der Waals surface area (Å²) >= 11 is 11.9. The molecular weight excluding hydrogens is 495 g/mol. The van der Waals surface area contributed by atoms with E-state index in [0.29, 0.717) is 11.6 Å². The van der Waals surface area contributed by atoms with Gasteiger partial charge in [0.2, 0.25) is 10.0 Å². The molecule has 10 heteroatoms. The van der Waals surface area contributed by atoms with Gasteiger partial charge in [-0.1, -0.05) is 29.6 Å². The van der Waals surface area contributed by atoms with Crippen molar-refractivity contribution < 1.29 is 17.9 Å². The second kappa shape index (κ2) is 12.3. The number of nitrogens with zero attached hydrogens (tertiary/aromatic N) is 1. The van der Waals surface area contributed by atoms with Crippen molar-refractivity contribution >= 4 is 45.6 Å². The SMILES string of the molecule is COc1cc2c(cc1OC)CN(CCCCCNS(=O)(=O)c1cc(Cl)ccc1Cl)CC2.Cl. The van der Waals surface area contributed by atoms with Crippen LogP contribution in [0.3, 0.4) is 0 Å². The minimum atomic E-state index is -3.67. The number of rotatable bonds is 10. The molecule has 0 aliphatic carbocycles. The fourth-order valence-corrected chi connectivity index (χ4v) is 5.57. The molecule has 0 bridgehead atoms. The van der Waals surface area contributed by atoms with Crippen LogP contribution in [0.4, 0.5) is 0 Å². The summed E-state index contributed by atoms with van der Waals surface area (Å²) < 4.78 is 38.3. The van der Waals surface area contributed by atoms with Gasteiger partial charge in [-0.2, -0.15) is 0 Å². The van der Waals surface area contributed by atoms with E-state index in [1.54, 1.807) is 20.3 Å². The van der Waals surface area contributed by atoms with E-state index in [1.165, 1.54) is 23.3 Å². The van der Waals surface area contributed by atoms with Gasteiger partial charge in [-0.05, 0) is 67.3 Å². The van der Waals surface area contributed by atoms with Crippen LogP contribution in [0.15, 0.2) is 35.2 Å². The fraction of sp³-hybridized carbons (Fsp3) is 0.455. The number of hydrogen-bond donors (Lipinski definition) is 1. The smallest absolute Gasteiger partial charge is 0.242 e. The second-order valence-electron chi connectivity index (χ2n) is 7.54. The lowest BCUT2D eigenvalue weighted by atomic mass is 9.98. The van der Waals surface area contributed by atoms with Crippen molar-refractivity contribution in [2.24, 2.45) is 0 Å². The number of fused-ring (bicyclic) bond motifs is 1. The third-order valence-corrected chi connectivity index (χ3v) is 7.60. The van der Waals surface area contributed by atoms with E-state index < -0.39 is 10.0 Å². The Hall–Kier alpha value is -1.22. The first-order chi connectivity index (χ1) is 14.8. The Labute approximate surface area is 206 Å². The highest BCUT2D eigenvalue weighted by Gasteiger charge is 2.20. The van der Waals surface area contributed by atoms with Gasteiger partial charge in [-0.25, -0.2) is 13.1 Å². The van der Waals surface area contributed by atoms with E-state index >= 15 is 0 Å². The van der Waals surface area contributed by atoms with E-state index in [0.717, 1.165) is 56.8 Å². The van der Waals surface area contributed by atoms with Gasteiger partial charge >= 0.3 is 0 Å². The molecule has 2 aromatic carbocycles. The molecular formula is C22H29Cl3N2O4S. The van der Waals surface area contributed by atoms with Gasteiger partial charge in [0, 0.05) is 24.7 Å². The molecule has 0 spiro atoms. The molecule has 0 aromatic heterocycles. The molecule has 1 heterocycles. The van der Waals surface area contributed by atoms with Gasteiger partial charge in [-0.15, -0.1) is 12.4 Å². The first kappa shape index (κ1) is 27.0. The Kier molecular flexibility index (Phi) is 10.4. The molecule has 1 aliphatic heterocycles. The van der Waals surface area contributed by atoms with Crippen LogP contribution in [-0.4, -0.2) is 47.2 Å². The van der Waals surface area contributed by atoms with Crippen LogP contribution in [-0.2, 0) is 23.0 Å². The lowest BCUT2D eigenvalue weighted by molar-refractivity contribution is 0.247. The van der Waals surface area contributed by atoms with Crippen molar-refractivity contribution in [2.45, 2.75) is 37.1 Å². The lowest BCUT2D eigenvalue weighted by Gasteiger charge is -2.29. The molecule has 0 fully saturated rings. The summed E-state index contributed by atoms with van der Waals surface area (Å²) in [4.78, 5) is 2.44. The maximum Gasteiger partial charge on any atom is 0.242 e. The van der Waals surface area contributed by atoms with Gasteiger partial charge < -0.3 is 9.47 Å². The molecule has 2 aromatic rings. The average Bonchev–Trinajstić information content (AvgIpc) is 2.76. The van der Waals surface area contributed by atoms with Crippen LogP contribution in [0.1, 0.15) is 30.4 Å². The zero-order valence-corrected chi connectivity index (χ0v) is 21.3. The fourth-order valence-electron chi connectivity index (χ4n) is 3.74. The molecule has 1 N–H and O–H groups in total. The van der Waals surface area contributed by atoms with Gasteiger partial charge in [0.25, 0.3) is 0 Å². The van der Waals surface area contributed by atoms with E-state index in [-0.39, 0.29) is 22.3 Å². The molecule has 0 atom stereocenters. The minimum Gasteiger partial charge on any atom is -0.493 e. The minimum absolute atomic E-state index is 0. The van der Waals surface area contributed by atoms with Crippen LogP contribution in [0.25, 0.3) is 0 Å². The largest absolute Gasteiger partial charge is 0.493 e. The summed E-state index contributed by atoms with van der Waals surface area (Å²) in [5, 5.41) is 0.500. The summed E-state index contributed by atoms with van der Waals surface area (Å²) in [7, 11) is -0.358. The highest BCUT2D eigenvalue weighted by molar-refractivity contribution is 7.89. The van der Waals surface area contributed by atoms with E-state index in [4.69, 9.17) is 32.7 Å². The normalized spacial score (nSPS) is 13.9. The Morgan fingerprint density at radius 3 is 2.38 bits per heavy atom. The monoisotopic (exact) mass is 522 g/mol. The maximum atomic E-state index is 12.4. The molecule has 32 heavy (non-hydrogen) atoms. The summed E-state index contributed by atoms with van der Waals surface area (Å²) in [5.41, 5.74) is 2.58. The number of hydrogen-bond acceptors (Lipinski definition) is 5. The Morgan fingerprint density at radius 2 is 1.69 bits per heavy atom.